The highest BCUT2D eigenvalue weighted by atomic mass is 16.5. The minimum atomic E-state index is -0.165. The summed E-state index contributed by atoms with van der Waals surface area (Å²) in [7, 11) is 0. The van der Waals surface area contributed by atoms with E-state index in [-0.39, 0.29) is 30.4 Å². The molecule has 0 N–H and O–H groups in total. The smallest absolute Gasteiger partial charge is 0.310 e. The number of piperidine rings is 1. The molecule has 2 atom stereocenters. The van der Waals surface area contributed by atoms with Crippen molar-refractivity contribution in [1.82, 2.24) is 9.91 Å². The highest BCUT2D eigenvalue weighted by molar-refractivity contribution is 6.04. The molecule has 2 aliphatic heterocycles. The van der Waals surface area contributed by atoms with Crippen LogP contribution in [-0.4, -0.2) is 53.7 Å². The Kier molecular flexibility index (Phi) is 7.47. The lowest BCUT2D eigenvalue weighted by molar-refractivity contribution is -0.150. The maximum atomic E-state index is 13.6. The standard InChI is InChI=1S/C28H35N3O3/c1-5-34-28(33)22-10-8-14-30(17-22)18-27(32)31-26(24-11-7-6-9-20(24)3)16-25(29-31)23-13-12-19(2)15-21(23)4/h6-7,9,11-13,15,22,26H,5,8,10,14,16-18H2,1-4H3/t22-,26+/m0/s1. The van der Waals surface area contributed by atoms with E-state index < -0.39 is 0 Å². The predicted octanol–water partition coefficient (Wildman–Crippen LogP) is 4.56. The summed E-state index contributed by atoms with van der Waals surface area (Å²) in [5, 5.41) is 6.56. The average molecular weight is 462 g/mol. The number of hydrogen-bond donors (Lipinski definition) is 0. The van der Waals surface area contributed by atoms with Crippen molar-refractivity contribution >= 4 is 17.6 Å². The first-order valence-corrected chi connectivity index (χ1v) is 12.3. The molecular weight excluding hydrogens is 426 g/mol. The summed E-state index contributed by atoms with van der Waals surface area (Å²) in [6, 6.07) is 14.5. The van der Waals surface area contributed by atoms with Crippen molar-refractivity contribution in [2.45, 2.75) is 53.0 Å². The highest BCUT2D eigenvalue weighted by Crippen LogP contribution is 2.35. The number of nitrogens with zero attached hydrogens (tertiary/aromatic N) is 3. The number of benzene rings is 2. The summed E-state index contributed by atoms with van der Waals surface area (Å²) in [6.07, 6.45) is 2.38. The number of hydrazone groups is 1. The number of aryl methyl sites for hydroxylation is 3. The van der Waals surface area contributed by atoms with Crippen LogP contribution in [0.25, 0.3) is 0 Å². The van der Waals surface area contributed by atoms with Gasteiger partial charge in [0.15, 0.2) is 0 Å². The van der Waals surface area contributed by atoms with Gasteiger partial charge in [0, 0.05) is 18.5 Å². The van der Waals surface area contributed by atoms with Crippen LogP contribution in [0.3, 0.4) is 0 Å². The van der Waals surface area contributed by atoms with Crippen LogP contribution in [0.4, 0.5) is 0 Å². The van der Waals surface area contributed by atoms with Crippen LogP contribution in [0.15, 0.2) is 47.6 Å². The maximum absolute atomic E-state index is 13.6. The Morgan fingerprint density at radius 2 is 1.88 bits per heavy atom. The van der Waals surface area contributed by atoms with Crippen LogP contribution < -0.4 is 0 Å². The molecule has 1 fully saturated rings. The van der Waals surface area contributed by atoms with E-state index in [0.29, 0.717) is 19.6 Å². The Morgan fingerprint density at radius 3 is 2.62 bits per heavy atom. The van der Waals surface area contributed by atoms with E-state index in [1.807, 2.05) is 19.1 Å². The molecule has 1 saturated heterocycles. The Bertz CT molecular complexity index is 1090. The molecule has 0 spiro atoms. The number of rotatable bonds is 6. The van der Waals surface area contributed by atoms with Crippen molar-refractivity contribution in [2.24, 2.45) is 11.0 Å². The van der Waals surface area contributed by atoms with Gasteiger partial charge in [-0.05, 0) is 63.8 Å². The zero-order valence-electron chi connectivity index (χ0n) is 20.7. The first-order valence-electron chi connectivity index (χ1n) is 12.3. The van der Waals surface area contributed by atoms with Crippen molar-refractivity contribution in [2.75, 3.05) is 26.2 Å². The quantitative estimate of drug-likeness (QED) is 0.592. The molecule has 6 heteroatoms. The van der Waals surface area contributed by atoms with Crippen LogP contribution in [0, 0.1) is 26.7 Å². The third-order valence-corrected chi connectivity index (χ3v) is 6.89. The molecule has 2 heterocycles. The fourth-order valence-electron chi connectivity index (χ4n) is 5.16. The van der Waals surface area contributed by atoms with Gasteiger partial charge in [-0.3, -0.25) is 14.5 Å². The van der Waals surface area contributed by atoms with Gasteiger partial charge in [-0.2, -0.15) is 5.10 Å². The Morgan fingerprint density at radius 1 is 1.09 bits per heavy atom. The van der Waals surface area contributed by atoms with Gasteiger partial charge in [-0.25, -0.2) is 5.01 Å². The number of carbonyl (C=O) groups excluding carboxylic acids is 2. The van der Waals surface area contributed by atoms with Crippen LogP contribution in [0.2, 0.25) is 0 Å². The van der Waals surface area contributed by atoms with Gasteiger partial charge in [-0.15, -0.1) is 0 Å². The SMILES string of the molecule is CCOC(=O)[C@H]1CCCN(CC(=O)N2N=C(c3ccc(C)cc3C)C[C@@H]2c2ccccc2C)C1. The maximum Gasteiger partial charge on any atom is 0.310 e. The molecule has 0 unspecified atom stereocenters. The molecule has 1 amide bonds. The number of esters is 1. The van der Waals surface area contributed by atoms with Crippen molar-refractivity contribution in [3.63, 3.8) is 0 Å². The monoisotopic (exact) mass is 461 g/mol. The second-order valence-corrected chi connectivity index (χ2v) is 9.51. The number of amides is 1. The van der Waals surface area contributed by atoms with Gasteiger partial charge in [-0.1, -0.05) is 48.0 Å². The van der Waals surface area contributed by atoms with Gasteiger partial charge < -0.3 is 4.74 Å². The second-order valence-electron chi connectivity index (χ2n) is 9.51. The third-order valence-electron chi connectivity index (χ3n) is 6.89. The minimum absolute atomic E-state index is 0.0301. The molecule has 6 nitrogen and oxygen atoms in total. The Labute approximate surface area is 202 Å². The lowest BCUT2D eigenvalue weighted by atomic mass is 9.93. The first-order chi connectivity index (χ1) is 16.4. The minimum Gasteiger partial charge on any atom is -0.466 e. The summed E-state index contributed by atoms with van der Waals surface area (Å²) >= 11 is 0. The summed E-state index contributed by atoms with van der Waals surface area (Å²) in [6.45, 7) is 10.1. The Hall–Kier alpha value is -2.99. The van der Waals surface area contributed by atoms with Crippen LogP contribution >= 0.6 is 0 Å². The van der Waals surface area contributed by atoms with Gasteiger partial charge >= 0.3 is 5.97 Å². The zero-order chi connectivity index (χ0) is 24.2. The van der Waals surface area contributed by atoms with E-state index in [1.165, 1.54) is 11.1 Å². The zero-order valence-corrected chi connectivity index (χ0v) is 20.7. The largest absolute Gasteiger partial charge is 0.466 e. The fourth-order valence-corrected chi connectivity index (χ4v) is 5.16. The van der Waals surface area contributed by atoms with Gasteiger partial charge in [0.05, 0.1) is 30.8 Å². The van der Waals surface area contributed by atoms with E-state index in [1.54, 1.807) is 5.01 Å². The van der Waals surface area contributed by atoms with Crippen molar-refractivity contribution in [3.8, 4) is 0 Å². The van der Waals surface area contributed by atoms with Crippen LogP contribution in [0.1, 0.15) is 60.0 Å². The number of ether oxygens (including phenoxy) is 1. The van der Waals surface area contributed by atoms with Gasteiger partial charge in [0.25, 0.3) is 5.91 Å². The fraction of sp³-hybridized carbons (Fsp3) is 0.464. The van der Waals surface area contributed by atoms with E-state index in [2.05, 4.69) is 56.0 Å². The molecule has 2 aromatic rings. The molecule has 0 radical (unpaired) electrons. The average Bonchev–Trinajstić information content (AvgIpc) is 3.25. The molecule has 0 aliphatic carbocycles. The first kappa shape index (κ1) is 24.1. The normalized spacial score (nSPS) is 20.8. The molecule has 34 heavy (non-hydrogen) atoms. The van der Waals surface area contributed by atoms with Gasteiger partial charge in [0.2, 0.25) is 0 Å². The highest BCUT2D eigenvalue weighted by Gasteiger charge is 2.36. The lowest BCUT2D eigenvalue weighted by Crippen LogP contribution is -2.44. The summed E-state index contributed by atoms with van der Waals surface area (Å²) < 4.78 is 5.22. The Balaban J connectivity index is 1.58. The molecule has 2 aliphatic rings. The summed E-state index contributed by atoms with van der Waals surface area (Å²) in [5.41, 5.74) is 6.71. The van der Waals surface area contributed by atoms with E-state index in [0.717, 1.165) is 41.8 Å². The third kappa shape index (κ3) is 5.22. The molecule has 4 rings (SSSR count). The van der Waals surface area contributed by atoms with Gasteiger partial charge in [0.1, 0.15) is 0 Å². The molecular formula is C28H35N3O3. The van der Waals surface area contributed by atoms with E-state index >= 15 is 0 Å². The molecule has 0 aromatic heterocycles. The summed E-state index contributed by atoms with van der Waals surface area (Å²) in [5.74, 6) is -0.354. The number of likely N-dealkylation sites (tertiary alicyclic amines) is 1. The van der Waals surface area contributed by atoms with Crippen LogP contribution in [0.5, 0.6) is 0 Å². The van der Waals surface area contributed by atoms with Crippen molar-refractivity contribution in [3.05, 3.63) is 70.3 Å². The number of carbonyl (C=O) groups is 2. The van der Waals surface area contributed by atoms with Crippen molar-refractivity contribution in [1.29, 1.82) is 0 Å². The number of hydrogen-bond acceptors (Lipinski definition) is 5. The molecule has 0 bridgehead atoms. The van der Waals surface area contributed by atoms with Crippen molar-refractivity contribution < 1.29 is 14.3 Å². The predicted molar refractivity (Wildman–Crippen MR) is 134 cm³/mol. The summed E-state index contributed by atoms with van der Waals surface area (Å²) in [4.78, 5) is 27.9. The van der Waals surface area contributed by atoms with Crippen LogP contribution in [-0.2, 0) is 14.3 Å². The lowest BCUT2D eigenvalue weighted by Gasteiger charge is -2.32. The molecule has 0 saturated carbocycles. The van der Waals surface area contributed by atoms with E-state index in [4.69, 9.17) is 9.84 Å². The second kappa shape index (κ2) is 10.5. The molecule has 180 valence electrons. The topological polar surface area (TPSA) is 62.2 Å². The van der Waals surface area contributed by atoms with E-state index in [9.17, 15) is 9.59 Å². The molecule has 2 aromatic carbocycles.